The largest absolute Gasteiger partial charge is 1.00 e. The molecule has 0 radical (unpaired) electrons. The van der Waals surface area contributed by atoms with E-state index in [0.717, 1.165) is 6.41 Å². The van der Waals surface area contributed by atoms with Gasteiger partial charge in [-0.1, -0.05) is 0 Å². The van der Waals surface area contributed by atoms with Crippen molar-refractivity contribution in [1.82, 2.24) is 4.90 Å². The van der Waals surface area contributed by atoms with Gasteiger partial charge in [-0.25, -0.2) is 0 Å². The molecule has 7 nitrogen and oxygen atoms in total. The van der Waals surface area contributed by atoms with E-state index in [4.69, 9.17) is 19.2 Å². The van der Waals surface area contributed by atoms with Crippen molar-refractivity contribution in [3.05, 3.63) is 0 Å². The monoisotopic (exact) mass is 287 g/mol. The Labute approximate surface area is 190 Å². The van der Waals surface area contributed by atoms with Crippen LogP contribution in [0.5, 0.6) is 0 Å². The van der Waals surface area contributed by atoms with Crippen molar-refractivity contribution in [2.45, 2.75) is 0 Å². The summed E-state index contributed by atoms with van der Waals surface area (Å²) >= 11 is 0. The fourth-order valence-corrected chi connectivity index (χ4v) is 0. The minimum atomic E-state index is -5.14. The van der Waals surface area contributed by atoms with Crippen molar-refractivity contribution in [2.75, 3.05) is 14.1 Å². The quantitative estimate of drug-likeness (QED) is 0.289. The molecular formula is C3H9K2NNaO6P. The minimum Gasteiger partial charge on any atom is -0.870 e. The molecule has 14 heavy (non-hydrogen) atoms. The zero-order valence-corrected chi connectivity index (χ0v) is 18.1. The Balaban J connectivity index is -0.0000000178. The van der Waals surface area contributed by atoms with Crippen LogP contribution in [-0.4, -0.2) is 35.8 Å². The third kappa shape index (κ3) is 103. The smallest absolute Gasteiger partial charge is 0.870 e. The molecule has 0 heterocycles. The van der Waals surface area contributed by atoms with Crippen LogP contribution in [0.25, 0.3) is 0 Å². The van der Waals surface area contributed by atoms with Crippen molar-refractivity contribution < 1.29 is 162 Å². The van der Waals surface area contributed by atoms with E-state index in [0.29, 0.717) is 0 Å². The molecule has 0 unspecified atom stereocenters. The summed E-state index contributed by atoms with van der Waals surface area (Å²) in [4.78, 5) is 35.2. The van der Waals surface area contributed by atoms with Crippen molar-refractivity contribution >= 4 is 14.2 Å². The van der Waals surface area contributed by atoms with Crippen LogP contribution < -0.4 is 142 Å². The molecule has 0 aliphatic rings. The number of rotatable bonds is 1. The Morgan fingerprint density at radius 3 is 1.36 bits per heavy atom. The molecule has 1 amide bonds. The van der Waals surface area contributed by atoms with Gasteiger partial charge in [-0.15, -0.1) is 0 Å². The molecular weight excluding hydrogens is 278 g/mol. The van der Waals surface area contributed by atoms with Gasteiger partial charge in [0.2, 0.25) is 6.41 Å². The van der Waals surface area contributed by atoms with Gasteiger partial charge in [-0.2, -0.15) is 0 Å². The van der Waals surface area contributed by atoms with Crippen molar-refractivity contribution in [1.29, 1.82) is 0 Å². The molecule has 0 spiro atoms. The number of carbonyl (C=O) groups excluding carboxylic acids is 1. The first-order chi connectivity index (χ1) is 4.27. The second-order valence-electron chi connectivity index (χ2n) is 1.54. The van der Waals surface area contributed by atoms with Gasteiger partial charge in [0, 0.05) is 14.1 Å². The zero-order valence-electron chi connectivity index (χ0n) is 9.00. The van der Waals surface area contributed by atoms with Crippen molar-refractivity contribution in [3.8, 4) is 0 Å². The van der Waals surface area contributed by atoms with Gasteiger partial charge in [-0.3, -0.25) is 4.79 Å². The first-order valence-electron chi connectivity index (χ1n) is 2.14. The Morgan fingerprint density at radius 2 is 1.36 bits per heavy atom. The Bertz CT molecular complexity index is 135. The van der Waals surface area contributed by atoms with E-state index in [1.54, 1.807) is 14.1 Å². The number of amides is 1. The number of phosphoric acid groups is 1. The molecule has 0 bridgehead atoms. The first kappa shape index (κ1) is 36.1. The Kier molecular flexibility index (Phi) is 56.8. The summed E-state index contributed by atoms with van der Waals surface area (Å²) in [6, 6.07) is 0. The van der Waals surface area contributed by atoms with Gasteiger partial charge in [0.25, 0.3) is 0 Å². The van der Waals surface area contributed by atoms with E-state index in [9.17, 15) is 4.79 Å². The second kappa shape index (κ2) is 22.0. The summed E-state index contributed by atoms with van der Waals surface area (Å²) in [6.07, 6.45) is 0.750. The van der Waals surface area contributed by atoms with Crippen LogP contribution in [-0.2, 0) is 9.36 Å². The van der Waals surface area contributed by atoms with E-state index < -0.39 is 7.82 Å². The van der Waals surface area contributed by atoms with Crippen molar-refractivity contribution in [3.63, 3.8) is 0 Å². The van der Waals surface area contributed by atoms with Gasteiger partial charge in [0.1, 0.15) is 0 Å². The Morgan fingerprint density at radius 1 is 1.29 bits per heavy atom. The van der Waals surface area contributed by atoms with Crippen LogP contribution in [0.1, 0.15) is 0 Å². The second-order valence-corrected chi connectivity index (χ2v) is 2.47. The predicted octanol–water partition coefficient (Wildman–Crippen LogP) is -11.7. The molecule has 0 fully saturated rings. The van der Waals surface area contributed by atoms with E-state index >= 15 is 0 Å². The molecule has 0 saturated carbocycles. The average Bonchev–Trinajstić information content (AvgIpc) is 1.61. The van der Waals surface area contributed by atoms with E-state index in [2.05, 4.69) is 0 Å². The van der Waals surface area contributed by atoms with Gasteiger partial charge in [0.05, 0.1) is 7.82 Å². The maximum Gasteiger partial charge on any atom is 1.00 e. The van der Waals surface area contributed by atoms with Crippen molar-refractivity contribution in [2.24, 2.45) is 0 Å². The number of hydrogen-bond acceptors (Lipinski definition) is 5. The minimum absolute atomic E-state index is 0. The molecule has 0 aromatic carbocycles. The topological polar surface area (TPSA) is 134 Å². The molecule has 11 heteroatoms. The molecule has 0 atom stereocenters. The van der Waals surface area contributed by atoms with Crippen LogP contribution in [0, 0.1) is 0 Å². The van der Waals surface area contributed by atoms with Crippen LogP contribution in [0.4, 0.5) is 0 Å². The molecule has 0 aliphatic heterocycles. The summed E-state index contributed by atoms with van der Waals surface area (Å²) in [7, 11) is -1.76. The fraction of sp³-hybridized carbons (Fsp3) is 0.667. The molecule has 0 saturated heterocycles. The molecule has 0 aromatic rings. The Hall–Kier alpha value is 3.81. The number of nitrogens with zero attached hydrogens (tertiary/aromatic N) is 1. The summed E-state index contributed by atoms with van der Waals surface area (Å²) in [6.45, 7) is 0. The standard InChI is InChI=1S/C3H7NO.2K.Na.H3O4P.H2O/c1-4(2)3-5;;;;1-5(2,3)4;/h3H,1-2H3;;;;(H3,1,2,3,4);1H2/q;3*+1;;/p-3. The first-order valence-corrected chi connectivity index (χ1v) is 3.63. The maximum atomic E-state index is 9.43. The molecule has 70 valence electrons. The summed E-state index contributed by atoms with van der Waals surface area (Å²) < 4.78 is 8.66. The van der Waals surface area contributed by atoms with Gasteiger partial charge in [0.15, 0.2) is 0 Å². The summed E-state index contributed by atoms with van der Waals surface area (Å²) in [5.41, 5.74) is 0. The molecule has 2 N–H and O–H groups in total. The zero-order chi connectivity index (χ0) is 8.78. The third-order valence-electron chi connectivity index (χ3n) is 0.211. The summed E-state index contributed by atoms with van der Waals surface area (Å²) in [5, 5.41) is 0. The predicted molar refractivity (Wildman–Crippen MR) is 31.5 cm³/mol. The number of carbonyl (C=O) groups is 1. The van der Waals surface area contributed by atoms with E-state index in [-0.39, 0.29) is 138 Å². The SMILES string of the molecule is CN(C)C=O.O=P([O-])([O-])O.[K+].[K+].[Na+].[OH-]. The maximum absolute atomic E-state index is 9.43. The average molecular weight is 287 g/mol. The van der Waals surface area contributed by atoms with Crippen LogP contribution in [0.3, 0.4) is 0 Å². The van der Waals surface area contributed by atoms with Crippen LogP contribution in [0.2, 0.25) is 0 Å². The number of hydrogen-bond donors (Lipinski definition) is 1. The van der Waals surface area contributed by atoms with Gasteiger partial charge < -0.3 is 29.6 Å². The summed E-state index contributed by atoms with van der Waals surface area (Å²) in [5.74, 6) is 0. The van der Waals surface area contributed by atoms with E-state index in [1.807, 2.05) is 0 Å². The van der Waals surface area contributed by atoms with Crippen LogP contribution >= 0.6 is 7.82 Å². The van der Waals surface area contributed by atoms with Gasteiger partial charge in [-0.05, 0) is 0 Å². The fourth-order valence-electron chi connectivity index (χ4n) is 0. The third-order valence-corrected chi connectivity index (χ3v) is 0.211. The van der Waals surface area contributed by atoms with Crippen LogP contribution in [0.15, 0.2) is 0 Å². The van der Waals surface area contributed by atoms with Gasteiger partial charge >= 0.3 is 132 Å². The normalized spacial score (nSPS) is 6.64. The molecule has 0 aromatic heterocycles. The molecule has 0 rings (SSSR count). The molecule has 0 aliphatic carbocycles. The van der Waals surface area contributed by atoms with E-state index in [1.165, 1.54) is 4.90 Å².